The molecule has 0 saturated heterocycles. The number of rotatable bonds is 6. The highest BCUT2D eigenvalue weighted by atomic mass is 16.5. The molecule has 1 N–H and O–H groups in total. The van der Waals surface area contributed by atoms with Gasteiger partial charge in [-0.05, 0) is 48.7 Å². The minimum Gasteiger partial charge on any atom is -0.497 e. The summed E-state index contributed by atoms with van der Waals surface area (Å²) >= 11 is 0. The third-order valence-corrected chi connectivity index (χ3v) is 3.49. The Morgan fingerprint density at radius 2 is 1.65 bits per heavy atom. The fourth-order valence-electron chi connectivity index (χ4n) is 2.28. The molecule has 20 heavy (non-hydrogen) atoms. The lowest BCUT2D eigenvalue weighted by Gasteiger charge is -2.16. The van der Waals surface area contributed by atoms with E-state index in [4.69, 9.17) is 4.74 Å². The zero-order valence-electron chi connectivity index (χ0n) is 12.5. The van der Waals surface area contributed by atoms with Crippen molar-refractivity contribution in [1.82, 2.24) is 0 Å². The number of benzene rings is 2. The van der Waals surface area contributed by atoms with Crippen LogP contribution in [0.1, 0.15) is 37.4 Å². The largest absolute Gasteiger partial charge is 0.497 e. The van der Waals surface area contributed by atoms with Crippen LogP contribution in [0, 0.1) is 0 Å². The molecule has 2 nitrogen and oxygen atoms in total. The second kappa shape index (κ2) is 6.99. The minimum absolute atomic E-state index is 0.276. The van der Waals surface area contributed by atoms with Crippen molar-refractivity contribution in [2.75, 3.05) is 12.4 Å². The van der Waals surface area contributed by atoms with Gasteiger partial charge in [-0.3, -0.25) is 0 Å². The molecule has 0 saturated carbocycles. The summed E-state index contributed by atoms with van der Waals surface area (Å²) in [5, 5.41) is 3.52. The maximum Gasteiger partial charge on any atom is 0.118 e. The molecule has 2 heteroatoms. The molecule has 1 unspecified atom stereocenters. The van der Waals surface area contributed by atoms with E-state index in [0.29, 0.717) is 0 Å². The lowest BCUT2D eigenvalue weighted by Crippen LogP contribution is -2.06. The van der Waals surface area contributed by atoms with Crippen LogP contribution in [0.2, 0.25) is 0 Å². The zero-order chi connectivity index (χ0) is 14.4. The van der Waals surface area contributed by atoms with Crippen LogP contribution in [-0.4, -0.2) is 7.11 Å². The first-order chi connectivity index (χ1) is 9.72. The molecule has 0 aliphatic heterocycles. The zero-order valence-corrected chi connectivity index (χ0v) is 12.5. The molecule has 0 aromatic heterocycles. The van der Waals surface area contributed by atoms with Gasteiger partial charge in [0, 0.05) is 11.7 Å². The van der Waals surface area contributed by atoms with E-state index in [1.54, 1.807) is 7.11 Å². The quantitative estimate of drug-likeness (QED) is 0.811. The molecule has 2 aromatic carbocycles. The van der Waals surface area contributed by atoms with Crippen LogP contribution in [-0.2, 0) is 6.42 Å². The lowest BCUT2D eigenvalue weighted by molar-refractivity contribution is 0.414. The van der Waals surface area contributed by atoms with E-state index >= 15 is 0 Å². The summed E-state index contributed by atoms with van der Waals surface area (Å²) in [6.07, 6.45) is 2.34. The van der Waals surface area contributed by atoms with Gasteiger partial charge in [-0.1, -0.05) is 37.6 Å². The molecule has 1 atom stereocenters. The Kier molecular flexibility index (Phi) is 5.05. The summed E-state index contributed by atoms with van der Waals surface area (Å²) in [4.78, 5) is 0. The Morgan fingerprint density at radius 3 is 2.20 bits per heavy atom. The Labute approximate surface area is 121 Å². The van der Waals surface area contributed by atoms with Crippen molar-refractivity contribution in [3.8, 4) is 5.75 Å². The molecule has 0 amide bonds. The first-order valence-corrected chi connectivity index (χ1v) is 7.22. The van der Waals surface area contributed by atoms with Crippen molar-refractivity contribution < 1.29 is 4.74 Å². The number of hydrogen-bond acceptors (Lipinski definition) is 2. The summed E-state index contributed by atoms with van der Waals surface area (Å²) in [5.41, 5.74) is 3.81. The van der Waals surface area contributed by atoms with Gasteiger partial charge in [-0.25, -0.2) is 0 Å². The number of aryl methyl sites for hydroxylation is 1. The fourth-order valence-corrected chi connectivity index (χ4v) is 2.28. The SMILES string of the molecule is CCCc1ccc(NC(C)c2ccc(OC)cc2)cc1. The summed E-state index contributed by atoms with van der Waals surface area (Å²) in [7, 11) is 1.69. The molecule has 2 aromatic rings. The summed E-state index contributed by atoms with van der Waals surface area (Å²) in [6.45, 7) is 4.37. The normalized spacial score (nSPS) is 11.9. The highest BCUT2D eigenvalue weighted by molar-refractivity contribution is 5.47. The standard InChI is InChI=1S/C18H23NO/c1-4-5-15-6-10-17(11-7-15)19-14(2)16-8-12-18(20-3)13-9-16/h6-14,19H,4-5H2,1-3H3. The van der Waals surface area contributed by atoms with Crippen LogP contribution < -0.4 is 10.1 Å². The van der Waals surface area contributed by atoms with Gasteiger partial charge in [0.25, 0.3) is 0 Å². The maximum absolute atomic E-state index is 5.18. The molecule has 0 aliphatic carbocycles. The van der Waals surface area contributed by atoms with Crippen molar-refractivity contribution in [2.45, 2.75) is 32.7 Å². The van der Waals surface area contributed by atoms with E-state index in [0.717, 1.165) is 17.9 Å². The van der Waals surface area contributed by atoms with Crippen LogP contribution in [0.5, 0.6) is 5.75 Å². The average molecular weight is 269 g/mol. The Bertz CT molecular complexity index is 516. The van der Waals surface area contributed by atoms with Gasteiger partial charge in [0.2, 0.25) is 0 Å². The van der Waals surface area contributed by atoms with Crippen LogP contribution >= 0.6 is 0 Å². The monoisotopic (exact) mass is 269 g/mol. The molecule has 106 valence electrons. The Balaban J connectivity index is 2.00. The van der Waals surface area contributed by atoms with E-state index in [2.05, 4.69) is 55.6 Å². The molecule has 0 aliphatic rings. The number of hydrogen-bond donors (Lipinski definition) is 1. The third-order valence-electron chi connectivity index (χ3n) is 3.49. The second-order valence-electron chi connectivity index (χ2n) is 5.09. The first-order valence-electron chi connectivity index (χ1n) is 7.22. The predicted octanol–water partition coefficient (Wildman–Crippen LogP) is 4.82. The van der Waals surface area contributed by atoms with Gasteiger partial charge < -0.3 is 10.1 Å². The highest BCUT2D eigenvalue weighted by Crippen LogP contribution is 2.22. The van der Waals surface area contributed by atoms with Crippen molar-refractivity contribution in [3.05, 3.63) is 59.7 Å². The Morgan fingerprint density at radius 1 is 1.00 bits per heavy atom. The smallest absolute Gasteiger partial charge is 0.118 e. The van der Waals surface area contributed by atoms with Crippen molar-refractivity contribution >= 4 is 5.69 Å². The predicted molar refractivity (Wildman–Crippen MR) is 85.5 cm³/mol. The van der Waals surface area contributed by atoms with Crippen LogP contribution in [0.3, 0.4) is 0 Å². The summed E-state index contributed by atoms with van der Waals surface area (Å²) in [6, 6.07) is 17.2. The number of ether oxygens (including phenoxy) is 1. The van der Waals surface area contributed by atoms with Crippen LogP contribution in [0.4, 0.5) is 5.69 Å². The van der Waals surface area contributed by atoms with Crippen LogP contribution in [0.25, 0.3) is 0 Å². The molecule has 0 fully saturated rings. The first kappa shape index (κ1) is 14.4. The number of anilines is 1. The van der Waals surface area contributed by atoms with Crippen molar-refractivity contribution in [2.24, 2.45) is 0 Å². The van der Waals surface area contributed by atoms with Crippen molar-refractivity contribution in [3.63, 3.8) is 0 Å². The molecule has 0 spiro atoms. The van der Waals surface area contributed by atoms with E-state index in [1.165, 1.54) is 17.5 Å². The number of nitrogens with one attached hydrogen (secondary N) is 1. The molecule has 0 heterocycles. The third kappa shape index (κ3) is 3.77. The van der Waals surface area contributed by atoms with Crippen LogP contribution in [0.15, 0.2) is 48.5 Å². The van der Waals surface area contributed by atoms with E-state index in [9.17, 15) is 0 Å². The minimum atomic E-state index is 0.276. The topological polar surface area (TPSA) is 21.3 Å². The van der Waals surface area contributed by atoms with Gasteiger partial charge in [0.15, 0.2) is 0 Å². The molecular formula is C18H23NO. The Hall–Kier alpha value is -1.96. The van der Waals surface area contributed by atoms with Gasteiger partial charge in [0.1, 0.15) is 5.75 Å². The molecule has 2 rings (SSSR count). The lowest BCUT2D eigenvalue weighted by atomic mass is 10.1. The average Bonchev–Trinajstić information content (AvgIpc) is 2.49. The van der Waals surface area contributed by atoms with Gasteiger partial charge >= 0.3 is 0 Å². The highest BCUT2D eigenvalue weighted by Gasteiger charge is 2.05. The van der Waals surface area contributed by atoms with E-state index in [-0.39, 0.29) is 6.04 Å². The number of methoxy groups -OCH3 is 1. The van der Waals surface area contributed by atoms with Gasteiger partial charge in [-0.2, -0.15) is 0 Å². The van der Waals surface area contributed by atoms with Crippen molar-refractivity contribution in [1.29, 1.82) is 0 Å². The van der Waals surface area contributed by atoms with Gasteiger partial charge in [0.05, 0.1) is 7.11 Å². The maximum atomic E-state index is 5.18. The van der Waals surface area contributed by atoms with Gasteiger partial charge in [-0.15, -0.1) is 0 Å². The second-order valence-corrected chi connectivity index (χ2v) is 5.09. The molecule has 0 bridgehead atoms. The summed E-state index contributed by atoms with van der Waals surface area (Å²) < 4.78 is 5.18. The van der Waals surface area contributed by atoms with E-state index < -0.39 is 0 Å². The fraction of sp³-hybridized carbons (Fsp3) is 0.333. The summed E-state index contributed by atoms with van der Waals surface area (Å²) in [5.74, 6) is 0.893. The molecular weight excluding hydrogens is 246 g/mol. The molecule has 0 radical (unpaired) electrons. The van der Waals surface area contributed by atoms with E-state index in [1.807, 2.05) is 12.1 Å².